The van der Waals surface area contributed by atoms with Crippen molar-refractivity contribution in [3.05, 3.63) is 0 Å². The lowest BCUT2D eigenvalue weighted by atomic mass is 9.88. The van der Waals surface area contributed by atoms with E-state index in [2.05, 4.69) is 10.2 Å². The molecular formula is C15H28N2O3. The van der Waals surface area contributed by atoms with E-state index in [9.17, 15) is 9.90 Å². The first kappa shape index (κ1) is 15.7. The SMILES string of the molecule is O=C(O)C1CC(NCC2CCCCC2)CN(CCO)C1. The van der Waals surface area contributed by atoms with Gasteiger partial charge in [-0.2, -0.15) is 0 Å². The minimum atomic E-state index is -0.711. The fourth-order valence-corrected chi connectivity index (χ4v) is 3.57. The lowest BCUT2D eigenvalue weighted by molar-refractivity contribution is -0.144. The van der Waals surface area contributed by atoms with Crippen molar-refractivity contribution in [1.82, 2.24) is 10.2 Å². The van der Waals surface area contributed by atoms with Crippen molar-refractivity contribution in [3.63, 3.8) is 0 Å². The van der Waals surface area contributed by atoms with Gasteiger partial charge < -0.3 is 15.5 Å². The molecule has 5 nitrogen and oxygen atoms in total. The molecular weight excluding hydrogens is 256 g/mol. The Hall–Kier alpha value is -0.650. The van der Waals surface area contributed by atoms with E-state index < -0.39 is 5.97 Å². The van der Waals surface area contributed by atoms with E-state index in [-0.39, 0.29) is 18.6 Å². The number of aliphatic hydroxyl groups is 1. The van der Waals surface area contributed by atoms with Gasteiger partial charge in [0.2, 0.25) is 0 Å². The van der Waals surface area contributed by atoms with E-state index in [1.54, 1.807) is 0 Å². The molecule has 3 N–H and O–H groups in total. The topological polar surface area (TPSA) is 72.8 Å². The van der Waals surface area contributed by atoms with Crippen LogP contribution in [0.15, 0.2) is 0 Å². The van der Waals surface area contributed by atoms with Crippen LogP contribution in [-0.4, -0.2) is 59.9 Å². The van der Waals surface area contributed by atoms with Crippen LogP contribution < -0.4 is 5.32 Å². The van der Waals surface area contributed by atoms with Gasteiger partial charge >= 0.3 is 5.97 Å². The van der Waals surface area contributed by atoms with Gasteiger partial charge in [-0.05, 0) is 31.7 Å². The van der Waals surface area contributed by atoms with Crippen molar-refractivity contribution in [2.24, 2.45) is 11.8 Å². The molecule has 1 saturated carbocycles. The van der Waals surface area contributed by atoms with Gasteiger partial charge in [0.15, 0.2) is 0 Å². The molecule has 2 fully saturated rings. The molecule has 1 saturated heterocycles. The average molecular weight is 284 g/mol. The highest BCUT2D eigenvalue weighted by atomic mass is 16.4. The molecule has 0 aromatic heterocycles. The molecule has 0 amide bonds. The highest BCUT2D eigenvalue weighted by Gasteiger charge is 2.31. The van der Waals surface area contributed by atoms with Crippen LogP contribution in [0, 0.1) is 11.8 Å². The van der Waals surface area contributed by atoms with E-state index >= 15 is 0 Å². The van der Waals surface area contributed by atoms with Crippen molar-refractivity contribution in [2.45, 2.75) is 44.6 Å². The van der Waals surface area contributed by atoms with Crippen molar-refractivity contribution in [2.75, 3.05) is 32.8 Å². The molecule has 116 valence electrons. The second-order valence-electron chi connectivity index (χ2n) is 6.36. The first-order valence-electron chi connectivity index (χ1n) is 7.98. The summed E-state index contributed by atoms with van der Waals surface area (Å²) in [6, 6.07) is 0.248. The number of aliphatic carboxylic acids is 1. The quantitative estimate of drug-likeness (QED) is 0.676. The summed E-state index contributed by atoms with van der Waals surface area (Å²) in [6.07, 6.45) is 7.37. The van der Waals surface area contributed by atoms with Crippen molar-refractivity contribution < 1.29 is 15.0 Å². The van der Waals surface area contributed by atoms with Gasteiger partial charge in [-0.25, -0.2) is 0 Å². The minimum Gasteiger partial charge on any atom is -0.481 e. The van der Waals surface area contributed by atoms with Gasteiger partial charge in [-0.1, -0.05) is 19.3 Å². The zero-order chi connectivity index (χ0) is 14.4. The standard InChI is InChI=1S/C15H28N2O3/c18-7-6-17-10-13(15(19)20)8-14(11-17)16-9-12-4-2-1-3-5-12/h12-14,16,18H,1-11H2,(H,19,20). The summed E-state index contributed by atoms with van der Waals surface area (Å²) in [6.45, 7) is 3.12. The summed E-state index contributed by atoms with van der Waals surface area (Å²) in [5.41, 5.74) is 0. The maximum absolute atomic E-state index is 11.2. The molecule has 2 rings (SSSR count). The lowest BCUT2D eigenvalue weighted by Gasteiger charge is -2.37. The third kappa shape index (κ3) is 4.72. The molecule has 5 heteroatoms. The van der Waals surface area contributed by atoms with Crippen LogP contribution in [0.3, 0.4) is 0 Å². The summed E-state index contributed by atoms with van der Waals surface area (Å²) in [4.78, 5) is 13.3. The summed E-state index contributed by atoms with van der Waals surface area (Å²) in [5, 5.41) is 21.9. The van der Waals surface area contributed by atoms with Crippen LogP contribution in [0.1, 0.15) is 38.5 Å². The van der Waals surface area contributed by atoms with Gasteiger partial charge in [0.05, 0.1) is 12.5 Å². The van der Waals surface area contributed by atoms with Crippen LogP contribution in [0.4, 0.5) is 0 Å². The number of nitrogens with zero attached hydrogens (tertiary/aromatic N) is 1. The zero-order valence-corrected chi connectivity index (χ0v) is 12.3. The fraction of sp³-hybridized carbons (Fsp3) is 0.933. The highest BCUT2D eigenvalue weighted by molar-refractivity contribution is 5.70. The van der Waals surface area contributed by atoms with Gasteiger partial charge in [-0.15, -0.1) is 0 Å². The van der Waals surface area contributed by atoms with Crippen molar-refractivity contribution >= 4 is 5.97 Å². The number of carboxylic acids is 1. The van der Waals surface area contributed by atoms with Crippen LogP contribution in [0.25, 0.3) is 0 Å². The third-order valence-electron chi connectivity index (χ3n) is 4.71. The van der Waals surface area contributed by atoms with E-state index in [4.69, 9.17) is 5.11 Å². The Balaban J connectivity index is 1.80. The Morgan fingerprint density at radius 1 is 1.20 bits per heavy atom. The second-order valence-corrected chi connectivity index (χ2v) is 6.36. The Kier molecular flexibility index (Phi) is 6.26. The number of carbonyl (C=O) groups is 1. The van der Waals surface area contributed by atoms with Crippen molar-refractivity contribution in [3.8, 4) is 0 Å². The zero-order valence-electron chi connectivity index (χ0n) is 12.3. The molecule has 1 heterocycles. The average Bonchev–Trinajstić information content (AvgIpc) is 2.46. The number of rotatable bonds is 6. The lowest BCUT2D eigenvalue weighted by Crippen LogP contribution is -2.52. The number of piperidine rings is 1. The van der Waals surface area contributed by atoms with Crippen molar-refractivity contribution in [1.29, 1.82) is 0 Å². The maximum Gasteiger partial charge on any atom is 0.307 e. The molecule has 0 aromatic carbocycles. The molecule has 20 heavy (non-hydrogen) atoms. The largest absolute Gasteiger partial charge is 0.481 e. The highest BCUT2D eigenvalue weighted by Crippen LogP contribution is 2.24. The van der Waals surface area contributed by atoms with E-state index in [0.717, 1.165) is 19.0 Å². The molecule has 2 atom stereocenters. The predicted octanol–water partition coefficient (Wildman–Crippen LogP) is 0.924. The minimum absolute atomic E-state index is 0.0989. The first-order valence-corrected chi connectivity index (χ1v) is 7.98. The van der Waals surface area contributed by atoms with Gasteiger partial charge in [0, 0.05) is 25.7 Å². The Morgan fingerprint density at radius 3 is 2.60 bits per heavy atom. The number of likely N-dealkylation sites (tertiary alicyclic amines) is 1. The summed E-state index contributed by atoms with van der Waals surface area (Å²) >= 11 is 0. The summed E-state index contributed by atoms with van der Waals surface area (Å²) < 4.78 is 0. The Morgan fingerprint density at radius 2 is 1.95 bits per heavy atom. The number of carboxylic acid groups (broad SMARTS) is 1. The molecule has 1 aliphatic heterocycles. The van der Waals surface area contributed by atoms with Crippen LogP contribution >= 0.6 is 0 Å². The molecule has 0 radical (unpaired) electrons. The van der Waals surface area contributed by atoms with E-state index in [1.807, 2.05) is 0 Å². The smallest absolute Gasteiger partial charge is 0.307 e. The predicted molar refractivity (Wildman–Crippen MR) is 77.6 cm³/mol. The Labute approximate surface area is 121 Å². The fourth-order valence-electron chi connectivity index (χ4n) is 3.57. The normalized spacial score (nSPS) is 29.4. The molecule has 0 spiro atoms. The summed E-state index contributed by atoms with van der Waals surface area (Å²) in [5.74, 6) is -0.253. The molecule has 2 unspecified atom stereocenters. The number of β-amino-alcohol motifs (C(OH)–C–C–N with tert-alkyl or cyclic N) is 1. The van der Waals surface area contributed by atoms with E-state index in [0.29, 0.717) is 19.5 Å². The molecule has 1 aliphatic carbocycles. The monoisotopic (exact) mass is 284 g/mol. The van der Waals surface area contributed by atoms with Crippen LogP contribution in [0.2, 0.25) is 0 Å². The second kappa shape index (κ2) is 7.96. The number of nitrogens with one attached hydrogen (secondary N) is 1. The van der Waals surface area contributed by atoms with Crippen LogP contribution in [0.5, 0.6) is 0 Å². The maximum atomic E-state index is 11.2. The Bertz CT molecular complexity index is 305. The number of hydrogen-bond donors (Lipinski definition) is 3. The third-order valence-corrected chi connectivity index (χ3v) is 4.71. The number of hydrogen-bond acceptors (Lipinski definition) is 4. The first-order chi connectivity index (χ1) is 9.69. The summed E-state index contributed by atoms with van der Waals surface area (Å²) in [7, 11) is 0. The van der Waals surface area contributed by atoms with Gasteiger partial charge in [0.25, 0.3) is 0 Å². The van der Waals surface area contributed by atoms with E-state index in [1.165, 1.54) is 32.1 Å². The van der Waals surface area contributed by atoms with Gasteiger partial charge in [-0.3, -0.25) is 9.69 Å². The molecule has 0 aromatic rings. The number of aliphatic hydroxyl groups excluding tert-OH is 1. The van der Waals surface area contributed by atoms with Crippen LogP contribution in [-0.2, 0) is 4.79 Å². The molecule has 2 aliphatic rings. The van der Waals surface area contributed by atoms with Gasteiger partial charge in [0.1, 0.15) is 0 Å². The molecule has 0 bridgehead atoms.